The highest BCUT2D eigenvalue weighted by Crippen LogP contribution is 2.44. The van der Waals surface area contributed by atoms with Crippen LogP contribution in [0.4, 0.5) is 35.9 Å². The summed E-state index contributed by atoms with van der Waals surface area (Å²) in [4.78, 5) is 20.6. The average Bonchev–Trinajstić information content (AvgIpc) is 3.09. The number of hydrogen-bond donors (Lipinski definition) is 1. The summed E-state index contributed by atoms with van der Waals surface area (Å²) < 4.78 is 97.1. The maximum Gasteiger partial charge on any atom is 0.418 e. The van der Waals surface area contributed by atoms with E-state index in [1.807, 2.05) is 0 Å². The molecule has 2 aromatic rings. The number of anilines is 2. The molecule has 20 heteroatoms. The number of nitro groups is 2. The van der Waals surface area contributed by atoms with E-state index < -0.39 is 38.6 Å². The van der Waals surface area contributed by atoms with Crippen molar-refractivity contribution in [1.82, 2.24) is 0 Å². The molecule has 286 valence electrons. The van der Waals surface area contributed by atoms with Gasteiger partial charge < -0.3 is 52.7 Å². The number of nitro benzene ring substituents is 2. The van der Waals surface area contributed by atoms with E-state index in [1.54, 1.807) is 0 Å². The first kappa shape index (κ1) is 41.5. The number of rotatable bonds is 4. The zero-order valence-corrected chi connectivity index (χ0v) is 27.9. The third-order valence-corrected chi connectivity index (χ3v) is 6.60. The number of alkyl halides is 3. The summed E-state index contributed by atoms with van der Waals surface area (Å²) >= 11 is 0. The second-order valence-electron chi connectivity index (χ2n) is 10.3. The molecule has 0 bridgehead atoms. The largest absolute Gasteiger partial charge is 0.487 e. The third-order valence-electron chi connectivity index (χ3n) is 6.60. The van der Waals surface area contributed by atoms with Crippen LogP contribution in [0, 0.1) is 20.2 Å². The maximum atomic E-state index is 13.9. The van der Waals surface area contributed by atoms with Crippen molar-refractivity contribution in [2.45, 2.75) is 6.18 Å². The minimum atomic E-state index is -5.16. The van der Waals surface area contributed by atoms with Crippen molar-refractivity contribution in [1.29, 1.82) is 0 Å². The van der Waals surface area contributed by atoms with E-state index in [0.29, 0.717) is 78.7 Å². The van der Waals surface area contributed by atoms with Gasteiger partial charge in [0.15, 0.2) is 11.5 Å². The summed E-state index contributed by atoms with van der Waals surface area (Å²) in [6, 6.07) is 4.66. The van der Waals surface area contributed by atoms with Crippen LogP contribution in [0.1, 0.15) is 5.56 Å². The lowest BCUT2D eigenvalue weighted by Gasteiger charge is -2.17. The molecule has 0 spiro atoms. The van der Waals surface area contributed by atoms with E-state index in [-0.39, 0.29) is 69.5 Å². The van der Waals surface area contributed by atoms with Crippen LogP contribution in [0.25, 0.3) is 0 Å². The topological polar surface area (TPSA) is 191 Å². The van der Waals surface area contributed by atoms with Crippen molar-refractivity contribution in [2.24, 2.45) is 0 Å². The van der Waals surface area contributed by atoms with Crippen molar-refractivity contribution >= 4 is 22.7 Å². The second-order valence-corrected chi connectivity index (χ2v) is 10.3. The van der Waals surface area contributed by atoms with Gasteiger partial charge in [-0.15, -0.1) is 0 Å². The second kappa shape index (κ2) is 23.6. The van der Waals surface area contributed by atoms with Crippen molar-refractivity contribution in [3.05, 3.63) is 56.1 Å². The molecule has 0 fully saturated rings. The molecule has 0 atom stereocenters. The van der Waals surface area contributed by atoms with Crippen LogP contribution in [0.3, 0.4) is 0 Å². The van der Waals surface area contributed by atoms with E-state index in [4.69, 9.17) is 47.4 Å². The lowest BCUT2D eigenvalue weighted by molar-refractivity contribution is -0.394. The smallest absolute Gasteiger partial charge is 0.418 e. The van der Waals surface area contributed by atoms with Crippen LogP contribution in [-0.4, -0.2) is 129 Å². The quantitative estimate of drug-likeness (QED) is 0.347. The van der Waals surface area contributed by atoms with Gasteiger partial charge in [-0.1, -0.05) is 0 Å². The molecule has 0 saturated carbocycles. The molecular weight excluding hydrogens is 695 g/mol. The number of non-ortho nitro benzene ring substituents is 1. The number of nitrogens with one attached hydrogen (secondary N) is 1. The van der Waals surface area contributed by atoms with Gasteiger partial charge in [-0.25, -0.2) is 0 Å². The van der Waals surface area contributed by atoms with Crippen LogP contribution in [0.2, 0.25) is 0 Å². The van der Waals surface area contributed by atoms with Gasteiger partial charge in [0.25, 0.3) is 11.4 Å². The molecule has 1 aliphatic rings. The predicted octanol–water partition coefficient (Wildman–Crippen LogP) is 4.17. The Bertz CT molecular complexity index is 1340. The van der Waals surface area contributed by atoms with Gasteiger partial charge >= 0.3 is 6.18 Å². The first-order chi connectivity index (χ1) is 24.7. The van der Waals surface area contributed by atoms with E-state index in [9.17, 15) is 33.4 Å². The minimum absolute atomic E-state index is 0.00298. The normalized spacial score (nSPS) is 18.3. The van der Waals surface area contributed by atoms with Crippen molar-refractivity contribution in [2.75, 3.05) is 124 Å². The summed E-state index contributed by atoms with van der Waals surface area (Å²) in [6.45, 7) is 5.49. The fourth-order valence-corrected chi connectivity index (χ4v) is 4.24. The van der Waals surface area contributed by atoms with Gasteiger partial charge in [0, 0.05) is 17.8 Å². The zero-order chi connectivity index (χ0) is 36.7. The van der Waals surface area contributed by atoms with Crippen LogP contribution in [0.15, 0.2) is 30.3 Å². The molecule has 51 heavy (non-hydrogen) atoms. The molecular formula is C31H42F3N3O14. The molecule has 17 nitrogen and oxygen atoms in total. The number of hydrogen-bond acceptors (Lipinski definition) is 15. The van der Waals surface area contributed by atoms with Crippen LogP contribution >= 0.6 is 0 Å². The van der Waals surface area contributed by atoms with Crippen molar-refractivity contribution in [3.8, 4) is 11.5 Å². The lowest BCUT2D eigenvalue weighted by Crippen LogP contribution is -2.16. The lowest BCUT2D eigenvalue weighted by atomic mass is 10.1. The predicted molar refractivity (Wildman–Crippen MR) is 172 cm³/mol. The van der Waals surface area contributed by atoms with Crippen LogP contribution < -0.4 is 14.8 Å². The van der Waals surface area contributed by atoms with E-state index in [1.165, 1.54) is 18.2 Å². The van der Waals surface area contributed by atoms with Gasteiger partial charge in [0.05, 0.1) is 127 Å². The Labute approximate surface area is 291 Å². The molecule has 0 amide bonds. The van der Waals surface area contributed by atoms with Crippen LogP contribution in [-0.2, 0) is 44.1 Å². The average molecular weight is 738 g/mol. The van der Waals surface area contributed by atoms with Gasteiger partial charge in [-0.3, -0.25) is 20.2 Å². The molecule has 0 radical (unpaired) electrons. The molecule has 1 heterocycles. The van der Waals surface area contributed by atoms with Gasteiger partial charge in [0.2, 0.25) is 0 Å². The summed E-state index contributed by atoms with van der Waals surface area (Å²) in [6.07, 6.45) is -5.16. The summed E-state index contributed by atoms with van der Waals surface area (Å²) in [7, 11) is 0. The SMILES string of the molecule is O=[N+]([O-])c1cc([N+](=O)[O-])c(Nc2ccc3c(c2)OCCOCCOCCOCCOCCOCCOCCOCCOCCO3)c(C(F)(F)F)c1. The Kier molecular flexibility index (Phi) is 19.2. The highest BCUT2D eigenvalue weighted by atomic mass is 19.4. The molecule has 1 N–H and O–H groups in total. The Morgan fingerprint density at radius 2 is 0.922 bits per heavy atom. The molecule has 0 unspecified atom stereocenters. The highest BCUT2D eigenvalue weighted by molar-refractivity contribution is 5.77. The minimum Gasteiger partial charge on any atom is -0.487 e. The van der Waals surface area contributed by atoms with Gasteiger partial charge in [-0.05, 0) is 12.1 Å². The Balaban J connectivity index is 1.66. The van der Waals surface area contributed by atoms with Gasteiger partial charge in [0.1, 0.15) is 18.9 Å². The van der Waals surface area contributed by atoms with Crippen molar-refractivity contribution in [3.63, 3.8) is 0 Å². The first-order valence-corrected chi connectivity index (χ1v) is 16.0. The summed E-state index contributed by atoms with van der Waals surface area (Å²) in [5.41, 5.74) is -4.85. The monoisotopic (exact) mass is 737 g/mol. The number of fused-ring (bicyclic) bond motifs is 1. The maximum absolute atomic E-state index is 13.9. The number of halogens is 3. The molecule has 0 saturated heterocycles. The fraction of sp³-hybridized carbons (Fsp3) is 0.613. The number of nitrogens with zero attached hydrogens (tertiary/aromatic N) is 2. The standard InChI is InChI=1S/C31H42F3N3O14/c32-31(33,34)26-22-25(36(38)39)23-27(37(40)41)30(26)35-24-1-2-28-29(21-24)51-20-18-49-16-14-47-12-10-45-8-6-43-4-3-42-5-7-44-9-11-46-13-15-48-17-19-50-28/h1-2,21-23,35H,3-20H2. The van der Waals surface area contributed by atoms with Gasteiger partial charge in [-0.2, -0.15) is 13.2 Å². The Hall–Kier alpha value is -3.89. The zero-order valence-electron chi connectivity index (χ0n) is 27.9. The summed E-state index contributed by atoms with van der Waals surface area (Å²) in [5, 5.41) is 25.3. The van der Waals surface area contributed by atoms with Crippen LogP contribution in [0.5, 0.6) is 11.5 Å². The Morgan fingerprint density at radius 1 is 0.529 bits per heavy atom. The fourth-order valence-electron chi connectivity index (χ4n) is 4.24. The van der Waals surface area contributed by atoms with E-state index in [0.717, 1.165) is 0 Å². The Morgan fingerprint density at radius 3 is 1.29 bits per heavy atom. The number of ether oxygens (including phenoxy) is 10. The van der Waals surface area contributed by atoms with E-state index in [2.05, 4.69) is 5.32 Å². The molecule has 2 aromatic carbocycles. The molecule has 3 rings (SSSR count). The van der Waals surface area contributed by atoms with E-state index >= 15 is 0 Å². The molecule has 1 aliphatic heterocycles. The molecule has 0 aromatic heterocycles. The third kappa shape index (κ3) is 16.3. The summed E-state index contributed by atoms with van der Waals surface area (Å²) in [5.74, 6) is 0.275. The number of benzene rings is 2. The first-order valence-electron chi connectivity index (χ1n) is 16.0. The van der Waals surface area contributed by atoms with Crippen molar-refractivity contribution < 1.29 is 70.4 Å². The molecule has 0 aliphatic carbocycles. The highest BCUT2D eigenvalue weighted by Gasteiger charge is 2.39.